The van der Waals surface area contributed by atoms with Gasteiger partial charge < -0.3 is 10.2 Å². The van der Waals surface area contributed by atoms with Crippen LogP contribution in [0.3, 0.4) is 0 Å². The number of benzene rings is 2. The summed E-state index contributed by atoms with van der Waals surface area (Å²) in [6, 6.07) is 17.5. The molecule has 3 nitrogen and oxygen atoms in total. The lowest BCUT2D eigenvalue weighted by Crippen LogP contribution is -2.26. The quantitative estimate of drug-likeness (QED) is 0.197. The molecular weight excluding hydrogens is 476 g/mol. The monoisotopic (exact) mass is 526 g/mol. The third-order valence-corrected chi connectivity index (χ3v) is 7.95. The van der Waals surface area contributed by atoms with Crippen molar-refractivity contribution in [1.82, 2.24) is 0 Å². The van der Waals surface area contributed by atoms with Crippen LogP contribution in [0.2, 0.25) is 0 Å². The smallest absolute Gasteiger partial charge is 0.135 e. The molecule has 210 valence electrons. The molecule has 3 heteroatoms. The summed E-state index contributed by atoms with van der Waals surface area (Å²) in [7, 11) is 0. The van der Waals surface area contributed by atoms with Crippen molar-refractivity contribution in [3.05, 3.63) is 95.7 Å². The largest absolute Gasteiger partial charge is 0.385 e. The lowest BCUT2D eigenvalue weighted by Gasteiger charge is -2.27. The Morgan fingerprint density at radius 2 is 1.72 bits per heavy atom. The third kappa shape index (κ3) is 7.75. The first kappa shape index (κ1) is 30.5. The fourth-order valence-corrected chi connectivity index (χ4v) is 5.53. The summed E-state index contributed by atoms with van der Waals surface area (Å²) in [6.07, 6.45) is 15.8. The van der Waals surface area contributed by atoms with Gasteiger partial charge in [0.05, 0.1) is 0 Å². The molecule has 0 bridgehead atoms. The highest BCUT2D eigenvalue weighted by Gasteiger charge is 2.38. The van der Waals surface area contributed by atoms with E-state index in [1.54, 1.807) is 0 Å². The Hall–Kier alpha value is -3.07. The van der Waals surface area contributed by atoms with Crippen LogP contribution >= 0.6 is 0 Å². The van der Waals surface area contributed by atoms with Crippen molar-refractivity contribution in [2.45, 2.75) is 91.4 Å². The second kappa shape index (κ2) is 13.8. The normalized spacial score (nSPS) is 16.1. The molecule has 2 aromatic carbocycles. The van der Waals surface area contributed by atoms with Gasteiger partial charge in [0.15, 0.2) is 0 Å². The third-order valence-electron chi connectivity index (χ3n) is 7.95. The number of allylic oxidation sites excluding steroid dienone is 6. The van der Waals surface area contributed by atoms with E-state index in [2.05, 4.69) is 124 Å². The topological polar surface area (TPSA) is 32.3 Å². The summed E-state index contributed by atoms with van der Waals surface area (Å²) in [5.74, 6) is 0.505. The molecule has 0 unspecified atom stereocenters. The van der Waals surface area contributed by atoms with Crippen molar-refractivity contribution in [3.8, 4) is 0 Å². The minimum Gasteiger partial charge on any atom is -0.385 e. The number of carbonyl (C=O) groups excluding carboxylic acids is 1. The van der Waals surface area contributed by atoms with Crippen LogP contribution in [0, 0.1) is 5.92 Å². The van der Waals surface area contributed by atoms with Gasteiger partial charge in [0.25, 0.3) is 0 Å². The van der Waals surface area contributed by atoms with Gasteiger partial charge in [-0.1, -0.05) is 109 Å². The van der Waals surface area contributed by atoms with Gasteiger partial charge in [-0.25, -0.2) is 0 Å². The van der Waals surface area contributed by atoms with Crippen LogP contribution in [0.25, 0.3) is 0 Å². The maximum absolute atomic E-state index is 11.9. The van der Waals surface area contributed by atoms with Gasteiger partial charge in [-0.3, -0.25) is 4.79 Å². The average Bonchev–Trinajstić information content (AvgIpc) is 3.12. The van der Waals surface area contributed by atoms with E-state index < -0.39 is 0 Å². The highest BCUT2D eigenvalue weighted by molar-refractivity contribution is 5.80. The maximum atomic E-state index is 11.9. The SMILES string of the molecule is CCCN1/C(=C/C=C/C=C/CC(C)(C)c2ccccc2NCCCCC(=O)C(C)C)C(C)(C)c2ccccc21. The van der Waals surface area contributed by atoms with Crippen LogP contribution in [0.1, 0.15) is 91.7 Å². The molecule has 0 aromatic heterocycles. The summed E-state index contributed by atoms with van der Waals surface area (Å²) >= 11 is 0. The molecule has 0 radical (unpaired) electrons. The van der Waals surface area contributed by atoms with Gasteiger partial charge in [0, 0.05) is 47.9 Å². The number of rotatable bonds is 14. The van der Waals surface area contributed by atoms with E-state index in [0.717, 1.165) is 38.8 Å². The van der Waals surface area contributed by atoms with Crippen LogP contribution in [0.15, 0.2) is 84.6 Å². The fourth-order valence-electron chi connectivity index (χ4n) is 5.53. The van der Waals surface area contributed by atoms with E-state index in [-0.39, 0.29) is 16.7 Å². The van der Waals surface area contributed by atoms with Crippen LogP contribution in [-0.2, 0) is 15.6 Å². The van der Waals surface area contributed by atoms with E-state index in [4.69, 9.17) is 0 Å². The molecule has 2 aromatic rings. The lowest BCUT2D eigenvalue weighted by atomic mass is 9.80. The number of unbranched alkanes of at least 4 members (excludes halogenated alkanes) is 1. The number of carbonyl (C=O) groups is 1. The molecule has 3 rings (SSSR count). The molecule has 0 aliphatic carbocycles. The van der Waals surface area contributed by atoms with Gasteiger partial charge in [-0.05, 0) is 60.4 Å². The number of hydrogen-bond acceptors (Lipinski definition) is 3. The zero-order chi connectivity index (χ0) is 28.5. The molecule has 1 aliphatic heterocycles. The van der Waals surface area contributed by atoms with Crippen molar-refractivity contribution in [2.75, 3.05) is 23.3 Å². The second-order valence-electron chi connectivity index (χ2n) is 12.3. The van der Waals surface area contributed by atoms with E-state index in [1.165, 1.54) is 28.2 Å². The Morgan fingerprint density at radius 1 is 1.00 bits per heavy atom. The van der Waals surface area contributed by atoms with Crippen molar-refractivity contribution >= 4 is 17.2 Å². The van der Waals surface area contributed by atoms with Gasteiger partial charge in [0.2, 0.25) is 0 Å². The number of para-hydroxylation sites is 2. The second-order valence-corrected chi connectivity index (χ2v) is 12.3. The number of nitrogens with zero attached hydrogens (tertiary/aromatic N) is 1. The molecule has 0 saturated carbocycles. The average molecular weight is 527 g/mol. The van der Waals surface area contributed by atoms with Crippen molar-refractivity contribution in [1.29, 1.82) is 0 Å². The first-order chi connectivity index (χ1) is 18.6. The van der Waals surface area contributed by atoms with Crippen LogP contribution in [-0.4, -0.2) is 18.9 Å². The molecule has 1 heterocycles. The number of nitrogens with one attached hydrogen (secondary N) is 1. The maximum Gasteiger partial charge on any atom is 0.135 e. The fraction of sp³-hybridized carbons (Fsp3) is 0.472. The summed E-state index contributed by atoms with van der Waals surface area (Å²) in [5.41, 5.74) is 6.66. The Labute approximate surface area is 238 Å². The first-order valence-electron chi connectivity index (χ1n) is 14.9. The predicted octanol–water partition coefficient (Wildman–Crippen LogP) is 9.37. The van der Waals surface area contributed by atoms with Gasteiger partial charge >= 0.3 is 0 Å². The highest BCUT2D eigenvalue weighted by Crippen LogP contribution is 2.47. The molecule has 0 fully saturated rings. The number of hydrogen-bond donors (Lipinski definition) is 1. The standard InChI is InChI=1S/C36H50N2O/c1-8-27-38-32-22-15-13-20-30(32)36(6,7)34(38)24-11-9-10-17-25-35(4,5)29-19-12-14-21-31(29)37-26-18-16-23-33(39)28(2)3/h9-15,17,19-22,24,28,37H,8,16,18,23,25-27H2,1-7H3/b11-9+,17-10+,34-24+. The van der Waals surface area contributed by atoms with Crippen molar-refractivity contribution in [3.63, 3.8) is 0 Å². The van der Waals surface area contributed by atoms with Gasteiger partial charge in [-0.2, -0.15) is 0 Å². The molecule has 0 saturated heterocycles. The zero-order valence-electron chi connectivity index (χ0n) is 25.4. The minimum atomic E-state index is 0.00245. The number of Topliss-reactive ketones (excluding diaryl/α,β-unsaturated/α-hetero) is 1. The van der Waals surface area contributed by atoms with E-state index in [1.807, 2.05) is 13.8 Å². The van der Waals surface area contributed by atoms with E-state index in [0.29, 0.717) is 12.2 Å². The summed E-state index contributed by atoms with van der Waals surface area (Å²) < 4.78 is 0. The van der Waals surface area contributed by atoms with Crippen LogP contribution < -0.4 is 10.2 Å². The molecule has 1 aliphatic rings. The molecule has 0 amide bonds. The van der Waals surface area contributed by atoms with Crippen molar-refractivity contribution < 1.29 is 4.79 Å². The van der Waals surface area contributed by atoms with Crippen LogP contribution in [0.5, 0.6) is 0 Å². The number of fused-ring (bicyclic) bond motifs is 1. The zero-order valence-corrected chi connectivity index (χ0v) is 25.4. The lowest BCUT2D eigenvalue weighted by molar-refractivity contribution is -0.122. The Morgan fingerprint density at radius 3 is 2.46 bits per heavy atom. The minimum absolute atomic E-state index is 0.00245. The number of ketones is 1. The molecule has 0 spiro atoms. The summed E-state index contributed by atoms with van der Waals surface area (Å²) in [6.45, 7) is 17.4. The highest BCUT2D eigenvalue weighted by atomic mass is 16.1. The molecule has 1 N–H and O–H groups in total. The Bertz CT molecular complexity index is 1180. The van der Waals surface area contributed by atoms with Gasteiger partial charge in [-0.15, -0.1) is 0 Å². The van der Waals surface area contributed by atoms with Gasteiger partial charge in [0.1, 0.15) is 5.78 Å². The Kier molecular flexibility index (Phi) is 10.8. The number of anilines is 2. The van der Waals surface area contributed by atoms with Crippen molar-refractivity contribution in [2.24, 2.45) is 5.92 Å². The summed E-state index contributed by atoms with van der Waals surface area (Å²) in [4.78, 5) is 14.4. The Balaban J connectivity index is 1.60. The predicted molar refractivity (Wildman–Crippen MR) is 170 cm³/mol. The summed E-state index contributed by atoms with van der Waals surface area (Å²) in [5, 5.41) is 3.63. The van der Waals surface area contributed by atoms with E-state index >= 15 is 0 Å². The van der Waals surface area contributed by atoms with E-state index in [9.17, 15) is 4.79 Å². The van der Waals surface area contributed by atoms with Crippen LogP contribution in [0.4, 0.5) is 11.4 Å². The molecule has 0 atom stereocenters. The molecular formula is C36H50N2O. The molecule has 39 heavy (non-hydrogen) atoms. The first-order valence-corrected chi connectivity index (χ1v) is 14.9.